The Hall–Kier alpha value is -1.55. The first kappa shape index (κ1) is 12.9. The zero-order chi connectivity index (χ0) is 13.1. The van der Waals surface area contributed by atoms with Crippen molar-refractivity contribution in [2.75, 3.05) is 27.3 Å². The second kappa shape index (κ2) is 5.40. The molecule has 1 atom stereocenters. The first-order valence-electron chi connectivity index (χ1n) is 6.22. The SMILES string of the molecule is CCOC(=O)C(c1ccc2c(c1)CCO2)N(C)C. The number of hydrogen-bond acceptors (Lipinski definition) is 4. The van der Waals surface area contributed by atoms with Crippen molar-refractivity contribution in [3.63, 3.8) is 0 Å². The van der Waals surface area contributed by atoms with Crippen molar-refractivity contribution in [3.8, 4) is 5.75 Å². The number of nitrogens with zero attached hydrogens (tertiary/aromatic N) is 1. The van der Waals surface area contributed by atoms with E-state index in [1.807, 2.05) is 44.1 Å². The molecular formula is C14H19NO3. The summed E-state index contributed by atoms with van der Waals surface area (Å²) in [6, 6.07) is 5.57. The lowest BCUT2D eigenvalue weighted by Gasteiger charge is -2.23. The molecule has 0 fully saturated rings. The molecule has 0 bridgehead atoms. The first-order chi connectivity index (χ1) is 8.63. The number of carbonyl (C=O) groups is 1. The van der Waals surface area contributed by atoms with E-state index in [0.29, 0.717) is 6.61 Å². The molecule has 0 N–H and O–H groups in total. The Bertz CT molecular complexity index is 443. The van der Waals surface area contributed by atoms with Gasteiger partial charge in [0, 0.05) is 6.42 Å². The van der Waals surface area contributed by atoms with E-state index in [0.717, 1.165) is 24.3 Å². The van der Waals surface area contributed by atoms with Crippen LogP contribution in [0.3, 0.4) is 0 Å². The predicted octanol–water partition coefficient (Wildman–Crippen LogP) is 1.79. The molecule has 1 heterocycles. The van der Waals surface area contributed by atoms with E-state index in [2.05, 4.69) is 0 Å². The number of benzene rings is 1. The molecule has 2 rings (SSSR count). The van der Waals surface area contributed by atoms with Crippen molar-refractivity contribution in [2.24, 2.45) is 0 Å². The molecule has 0 spiro atoms. The number of ether oxygens (including phenoxy) is 2. The monoisotopic (exact) mass is 249 g/mol. The molecule has 0 radical (unpaired) electrons. The Kier molecular flexibility index (Phi) is 3.87. The van der Waals surface area contributed by atoms with Crippen LogP contribution in [0.15, 0.2) is 18.2 Å². The van der Waals surface area contributed by atoms with E-state index in [1.54, 1.807) is 0 Å². The molecule has 1 unspecified atom stereocenters. The summed E-state index contributed by atoms with van der Waals surface area (Å²) in [4.78, 5) is 13.9. The van der Waals surface area contributed by atoms with Crippen LogP contribution in [-0.2, 0) is 16.0 Å². The van der Waals surface area contributed by atoms with Crippen molar-refractivity contribution < 1.29 is 14.3 Å². The van der Waals surface area contributed by atoms with Gasteiger partial charge in [0.1, 0.15) is 11.8 Å². The average Bonchev–Trinajstić information content (AvgIpc) is 2.76. The molecule has 0 aromatic heterocycles. The smallest absolute Gasteiger partial charge is 0.327 e. The fourth-order valence-electron chi connectivity index (χ4n) is 2.24. The van der Waals surface area contributed by atoms with Crippen LogP contribution in [-0.4, -0.2) is 38.2 Å². The number of rotatable bonds is 4. The summed E-state index contributed by atoms with van der Waals surface area (Å²) in [6.45, 7) is 2.95. The summed E-state index contributed by atoms with van der Waals surface area (Å²) in [5.74, 6) is 0.724. The van der Waals surface area contributed by atoms with Crippen LogP contribution in [0.1, 0.15) is 24.1 Å². The second-order valence-electron chi connectivity index (χ2n) is 4.58. The van der Waals surface area contributed by atoms with Gasteiger partial charge in [-0.1, -0.05) is 6.07 Å². The Labute approximate surface area is 107 Å². The predicted molar refractivity (Wildman–Crippen MR) is 68.7 cm³/mol. The van der Waals surface area contributed by atoms with Crippen molar-refractivity contribution >= 4 is 5.97 Å². The maximum atomic E-state index is 12.0. The number of hydrogen-bond donors (Lipinski definition) is 0. The standard InChI is InChI=1S/C14H19NO3/c1-4-17-14(16)13(15(2)3)11-5-6-12-10(9-11)7-8-18-12/h5-6,9,13H,4,7-8H2,1-3H3. The molecule has 0 saturated carbocycles. The highest BCUT2D eigenvalue weighted by atomic mass is 16.5. The van der Waals surface area contributed by atoms with Gasteiger partial charge in [0.2, 0.25) is 0 Å². The second-order valence-corrected chi connectivity index (χ2v) is 4.58. The summed E-state index contributed by atoms with van der Waals surface area (Å²) in [5.41, 5.74) is 2.13. The van der Waals surface area contributed by atoms with Gasteiger partial charge in [0.05, 0.1) is 13.2 Å². The minimum absolute atomic E-state index is 0.207. The van der Waals surface area contributed by atoms with Gasteiger partial charge in [-0.2, -0.15) is 0 Å². The Morgan fingerprint density at radius 3 is 2.94 bits per heavy atom. The zero-order valence-corrected chi connectivity index (χ0v) is 11.1. The lowest BCUT2D eigenvalue weighted by atomic mass is 10.0. The molecule has 1 aliphatic rings. The normalized spacial score (nSPS) is 15.1. The van der Waals surface area contributed by atoms with Gasteiger partial charge in [0.15, 0.2) is 0 Å². The van der Waals surface area contributed by atoms with Crippen LogP contribution in [0.5, 0.6) is 5.75 Å². The van der Waals surface area contributed by atoms with E-state index in [4.69, 9.17) is 9.47 Å². The summed E-state index contributed by atoms with van der Waals surface area (Å²) in [5, 5.41) is 0. The number of esters is 1. The van der Waals surface area contributed by atoms with E-state index < -0.39 is 0 Å². The van der Waals surface area contributed by atoms with Crippen LogP contribution in [0.4, 0.5) is 0 Å². The van der Waals surface area contributed by atoms with Crippen LogP contribution in [0, 0.1) is 0 Å². The third-order valence-electron chi connectivity index (χ3n) is 3.06. The van der Waals surface area contributed by atoms with Gasteiger partial charge < -0.3 is 9.47 Å². The maximum Gasteiger partial charge on any atom is 0.327 e. The number of carbonyl (C=O) groups excluding carboxylic acids is 1. The van der Waals surface area contributed by atoms with Crippen LogP contribution < -0.4 is 4.74 Å². The van der Waals surface area contributed by atoms with Gasteiger partial charge in [-0.3, -0.25) is 4.90 Å². The minimum Gasteiger partial charge on any atom is -0.493 e. The topological polar surface area (TPSA) is 38.8 Å². The maximum absolute atomic E-state index is 12.0. The zero-order valence-electron chi connectivity index (χ0n) is 11.1. The van der Waals surface area contributed by atoms with Crippen LogP contribution in [0.25, 0.3) is 0 Å². The van der Waals surface area contributed by atoms with Crippen molar-refractivity contribution in [1.82, 2.24) is 4.90 Å². The minimum atomic E-state index is -0.351. The number of likely N-dealkylation sites (N-methyl/N-ethyl adjacent to an activating group) is 1. The molecule has 18 heavy (non-hydrogen) atoms. The van der Waals surface area contributed by atoms with Crippen molar-refractivity contribution in [3.05, 3.63) is 29.3 Å². The highest BCUT2D eigenvalue weighted by Crippen LogP contribution is 2.30. The Balaban J connectivity index is 2.28. The first-order valence-corrected chi connectivity index (χ1v) is 6.22. The summed E-state index contributed by atoms with van der Waals surface area (Å²) >= 11 is 0. The van der Waals surface area contributed by atoms with Crippen LogP contribution in [0.2, 0.25) is 0 Å². The van der Waals surface area contributed by atoms with Crippen LogP contribution >= 0.6 is 0 Å². The highest BCUT2D eigenvalue weighted by molar-refractivity contribution is 5.77. The molecule has 0 amide bonds. The van der Waals surface area contributed by atoms with Crippen molar-refractivity contribution in [2.45, 2.75) is 19.4 Å². The number of fused-ring (bicyclic) bond motifs is 1. The molecule has 4 nitrogen and oxygen atoms in total. The van der Waals surface area contributed by atoms with Gasteiger partial charge in [-0.25, -0.2) is 4.79 Å². The van der Waals surface area contributed by atoms with E-state index in [1.165, 1.54) is 5.56 Å². The van der Waals surface area contributed by atoms with Gasteiger partial charge in [-0.05, 0) is 44.3 Å². The van der Waals surface area contributed by atoms with E-state index in [-0.39, 0.29) is 12.0 Å². The highest BCUT2D eigenvalue weighted by Gasteiger charge is 2.25. The molecule has 1 aliphatic heterocycles. The van der Waals surface area contributed by atoms with Crippen molar-refractivity contribution in [1.29, 1.82) is 0 Å². The third kappa shape index (κ3) is 2.48. The van der Waals surface area contributed by atoms with E-state index in [9.17, 15) is 4.79 Å². The van der Waals surface area contributed by atoms with Gasteiger partial charge in [-0.15, -0.1) is 0 Å². The molecule has 0 saturated heterocycles. The molecule has 0 aliphatic carbocycles. The largest absolute Gasteiger partial charge is 0.493 e. The lowest BCUT2D eigenvalue weighted by Crippen LogP contribution is -2.29. The summed E-state index contributed by atoms with van der Waals surface area (Å²) < 4.78 is 10.6. The van der Waals surface area contributed by atoms with Gasteiger partial charge in [0.25, 0.3) is 0 Å². The average molecular weight is 249 g/mol. The summed E-state index contributed by atoms with van der Waals surface area (Å²) in [7, 11) is 3.76. The molecule has 4 heteroatoms. The quantitative estimate of drug-likeness (QED) is 0.763. The summed E-state index contributed by atoms with van der Waals surface area (Å²) in [6.07, 6.45) is 0.909. The fraction of sp³-hybridized carbons (Fsp3) is 0.500. The fourth-order valence-corrected chi connectivity index (χ4v) is 2.24. The molecule has 98 valence electrons. The lowest BCUT2D eigenvalue weighted by molar-refractivity contribution is -0.148. The molecule has 1 aromatic rings. The third-order valence-corrected chi connectivity index (χ3v) is 3.06. The Morgan fingerprint density at radius 2 is 2.28 bits per heavy atom. The van der Waals surface area contributed by atoms with E-state index >= 15 is 0 Å². The molecular weight excluding hydrogens is 230 g/mol. The molecule has 1 aromatic carbocycles. The van der Waals surface area contributed by atoms with Gasteiger partial charge >= 0.3 is 5.97 Å². The Morgan fingerprint density at radius 1 is 1.50 bits per heavy atom.